The maximum atomic E-state index is 6.16. The van der Waals surface area contributed by atoms with E-state index in [2.05, 4.69) is 15.2 Å². The van der Waals surface area contributed by atoms with Gasteiger partial charge < -0.3 is 5.73 Å². The first-order chi connectivity index (χ1) is 10.1. The molecule has 4 nitrogen and oxygen atoms in total. The molecule has 0 aliphatic carbocycles. The third kappa shape index (κ3) is 3.17. The lowest BCUT2D eigenvalue weighted by Crippen LogP contribution is -1.92. The predicted octanol–water partition coefficient (Wildman–Crippen LogP) is 3.95. The molecule has 0 saturated heterocycles. The van der Waals surface area contributed by atoms with Gasteiger partial charge in [-0.1, -0.05) is 35.3 Å². The Morgan fingerprint density at radius 1 is 1.05 bits per heavy atom. The van der Waals surface area contributed by atoms with Crippen molar-refractivity contribution in [3.63, 3.8) is 0 Å². The van der Waals surface area contributed by atoms with Crippen LogP contribution in [0.15, 0.2) is 42.5 Å². The number of nitrogens with two attached hydrogens (primary N) is 1. The average molecular weight is 319 g/mol. The number of rotatable bonds is 3. The Hall–Kier alpha value is -2.04. The minimum absolute atomic E-state index is 0.528. The van der Waals surface area contributed by atoms with Gasteiger partial charge in [-0.2, -0.15) is 5.10 Å². The fraction of sp³-hybridized carbons (Fsp3) is 0.0667. The maximum absolute atomic E-state index is 6.16. The summed E-state index contributed by atoms with van der Waals surface area (Å²) in [7, 11) is 0. The maximum Gasteiger partial charge on any atom is 0.182 e. The van der Waals surface area contributed by atoms with Gasteiger partial charge in [-0.05, 0) is 35.9 Å². The highest BCUT2D eigenvalue weighted by Crippen LogP contribution is 2.28. The fourth-order valence-corrected chi connectivity index (χ4v) is 2.49. The molecule has 3 rings (SSSR count). The van der Waals surface area contributed by atoms with Gasteiger partial charge in [-0.3, -0.25) is 5.10 Å². The largest absolute Gasteiger partial charge is 0.399 e. The summed E-state index contributed by atoms with van der Waals surface area (Å²) < 4.78 is 0. The van der Waals surface area contributed by atoms with Crippen LogP contribution in [0.5, 0.6) is 0 Å². The Morgan fingerprint density at radius 3 is 2.52 bits per heavy atom. The fourth-order valence-electron chi connectivity index (χ4n) is 1.99. The van der Waals surface area contributed by atoms with E-state index in [0.717, 1.165) is 22.6 Å². The van der Waals surface area contributed by atoms with Crippen LogP contribution in [0.25, 0.3) is 11.4 Å². The van der Waals surface area contributed by atoms with E-state index in [1.807, 2.05) is 24.3 Å². The molecule has 21 heavy (non-hydrogen) atoms. The molecular weight excluding hydrogens is 307 g/mol. The van der Waals surface area contributed by atoms with E-state index in [4.69, 9.17) is 28.9 Å². The number of anilines is 1. The Morgan fingerprint density at radius 2 is 1.81 bits per heavy atom. The molecule has 0 saturated carbocycles. The molecule has 6 heteroatoms. The topological polar surface area (TPSA) is 67.6 Å². The van der Waals surface area contributed by atoms with Crippen LogP contribution in [0, 0.1) is 0 Å². The first kappa shape index (κ1) is 13.9. The molecule has 106 valence electrons. The lowest BCUT2D eigenvalue weighted by atomic mass is 10.1. The van der Waals surface area contributed by atoms with Crippen molar-refractivity contribution in [1.82, 2.24) is 15.2 Å². The smallest absolute Gasteiger partial charge is 0.182 e. The van der Waals surface area contributed by atoms with Crippen LogP contribution in [0.4, 0.5) is 5.69 Å². The first-order valence-electron chi connectivity index (χ1n) is 6.33. The molecular formula is C15H12Cl2N4. The van der Waals surface area contributed by atoms with Gasteiger partial charge in [-0.25, -0.2) is 4.98 Å². The molecule has 0 atom stereocenters. The lowest BCUT2D eigenvalue weighted by Gasteiger charge is -2.00. The average Bonchev–Trinajstić information content (AvgIpc) is 2.90. The third-order valence-electron chi connectivity index (χ3n) is 3.06. The van der Waals surface area contributed by atoms with Crippen LogP contribution in [-0.2, 0) is 6.42 Å². The Labute approximate surface area is 131 Å². The second-order valence-corrected chi connectivity index (χ2v) is 5.49. The van der Waals surface area contributed by atoms with Crippen molar-refractivity contribution in [3.05, 3.63) is 63.9 Å². The molecule has 1 heterocycles. The third-order valence-corrected chi connectivity index (χ3v) is 3.60. The van der Waals surface area contributed by atoms with Crippen LogP contribution in [0.2, 0.25) is 10.0 Å². The molecule has 0 unspecified atom stereocenters. The summed E-state index contributed by atoms with van der Waals surface area (Å²) in [5.74, 6) is 1.32. The number of aromatic nitrogens is 3. The van der Waals surface area contributed by atoms with Gasteiger partial charge in [-0.15, -0.1) is 0 Å². The molecule has 3 aromatic rings. The number of hydrogen-bond donors (Lipinski definition) is 2. The van der Waals surface area contributed by atoms with Crippen LogP contribution in [-0.4, -0.2) is 15.2 Å². The Bertz CT molecular complexity index is 766. The molecule has 2 aromatic carbocycles. The quantitative estimate of drug-likeness (QED) is 0.718. The van der Waals surface area contributed by atoms with Crippen molar-refractivity contribution >= 4 is 28.9 Å². The highest BCUT2D eigenvalue weighted by atomic mass is 35.5. The zero-order valence-corrected chi connectivity index (χ0v) is 12.5. The van der Waals surface area contributed by atoms with E-state index in [1.165, 1.54) is 0 Å². The van der Waals surface area contributed by atoms with Gasteiger partial charge in [0, 0.05) is 22.7 Å². The zero-order chi connectivity index (χ0) is 14.8. The zero-order valence-electron chi connectivity index (χ0n) is 11.0. The lowest BCUT2D eigenvalue weighted by molar-refractivity contribution is 0.973. The number of nitrogens with one attached hydrogen (secondary N) is 1. The van der Waals surface area contributed by atoms with E-state index in [1.54, 1.807) is 18.2 Å². The highest BCUT2D eigenvalue weighted by Gasteiger charge is 2.10. The Balaban J connectivity index is 1.84. The van der Waals surface area contributed by atoms with Crippen molar-refractivity contribution in [2.75, 3.05) is 5.73 Å². The van der Waals surface area contributed by atoms with Gasteiger partial charge in [0.2, 0.25) is 0 Å². The number of hydrogen-bond acceptors (Lipinski definition) is 3. The molecule has 0 aliphatic heterocycles. The molecule has 0 bridgehead atoms. The first-order valence-corrected chi connectivity index (χ1v) is 7.08. The van der Waals surface area contributed by atoms with Crippen molar-refractivity contribution < 1.29 is 0 Å². The number of halogens is 2. The molecule has 0 fully saturated rings. The number of nitrogens with zero attached hydrogens (tertiary/aromatic N) is 2. The summed E-state index contributed by atoms with van der Waals surface area (Å²) in [6, 6.07) is 12.9. The van der Waals surface area contributed by atoms with Crippen molar-refractivity contribution in [2.45, 2.75) is 6.42 Å². The summed E-state index contributed by atoms with van der Waals surface area (Å²) in [6.45, 7) is 0. The summed E-state index contributed by atoms with van der Waals surface area (Å²) in [4.78, 5) is 4.46. The monoisotopic (exact) mass is 318 g/mol. The number of H-pyrrole nitrogens is 1. The summed E-state index contributed by atoms with van der Waals surface area (Å²) >= 11 is 12.0. The molecule has 0 radical (unpaired) electrons. The van der Waals surface area contributed by atoms with E-state index in [9.17, 15) is 0 Å². The van der Waals surface area contributed by atoms with Gasteiger partial charge in [0.1, 0.15) is 5.82 Å². The van der Waals surface area contributed by atoms with E-state index < -0.39 is 0 Å². The second kappa shape index (κ2) is 5.76. The van der Waals surface area contributed by atoms with Crippen LogP contribution >= 0.6 is 23.2 Å². The Kier molecular flexibility index (Phi) is 3.82. The van der Waals surface area contributed by atoms with E-state index >= 15 is 0 Å². The van der Waals surface area contributed by atoms with Gasteiger partial charge in [0.25, 0.3) is 0 Å². The minimum atomic E-state index is 0.528. The van der Waals surface area contributed by atoms with Gasteiger partial charge >= 0.3 is 0 Å². The van der Waals surface area contributed by atoms with E-state index in [-0.39, 0.29) is 0 Å². The summed E-state index contributed by atoms with van der Waals surface area (Å²) in [5, 5.41) is 8.24. The summed E-state index contributed by atoms with van der Waals surface area (Å²) in [5.41, 5.74) is 8.26. The number of aromatic amines is 1. The molecule has 0 amide bonds. The minimum Gasteiger partial charge on any atom is -0.399 e. The predicted molar refractivity (Wildman–Crippen MR) is 85.5 cm³/mol. The highest BCUT2D eigenvalue weighted by molar-refractivity contribution is 6.36. The molecule has 0 aliphatic rings. The van der Waals surface area contributed by atoms with Crippen molar-refractivity contribution in [1.29, 1.82) is 0 Å². The number of nitrogen functional groups attached to an aromatic ring is 1. The standard InChI is InChI=1S/C15H12Cl2N4/c16-10-3-6-12(13(17)8-10)15-19-14(20-21-15)7-9-1-4-11(18)5-2-9/h1-6,8H,7,18H2,(H,19,20,21). The van der Waals surface area contributed by atoms with E-state index in [0.29, 0.717) is 22.3 Å². The van der Waals surface area contributed by atoms with Gasteiger partial charge in [0.15, 0.2) is 5.82 Å². The molecule has 3 N–H and O–H groups in total. The molecule has 0 spiro atoms. The van der Waals surface area contributed by atoms with Crippen LogP contribution in [0.3, 0.4) is 0 Å². The van der Waals surface area contributed by atoms with Gasteiger partial charge in [0.05, 0.1) is 5.02 Å². The normalized spacial score (nSPS) is 10.8. The SMILES string of the molecule is Nc1ccc(Cc2nc(-c3ccc(Cl)cc3Cl)n[nH]2)cc1. The van der Waals surface area contributed by atoms with Crippen molar-refractivity contribution in [2.24, 2.45) is 0 Å². The van der Waals surface area contributed by atoms with Crippen molar-refractivity contribution in [3.8, 4) is 11.4 Å². The van der Waals surface area contributed by atoms with Crippen LogP contribution in [0.1, 0.15) is 11.4 Å². The van der Waals surface area contributed by atoms with Crippen LogP contribution < -0.4 is 5.73 Å². The summed E-state index contributed by atoms with van der Waals surface area (Å²) in [6.07, 6.45) is 0.651. The second-order valence-electron chi connectivity index (χ2n) is 4.65. The molecule has 1 aromatic heterocycles. The number of benzene rings is 2.